The van der Waals surface area contributed by atoms with Gasteiger partial charge in [0.05, 0.1) is 12.7 Å². The molecule has 1 fully saturated rings. The fourth-order valence-electron chi connectivity index (χ4n) is 0.614. The number of nitrogens with zero attached hydrogens (tertiary/aromatic N) is 2. The van der Waals surface area contributed by atoms with Gasteiger partial charge in [-0.3, -0.25) is 5.32 Å². The van der Waals surface area contributed by atoms with Crippen molar-refractivity contribution in [3.63, 3.8) is 0 Å². The van der Waals surface area contributed by atoms with Crippen LogP contribution in [0.3, 0.4) is 0 Å². The van der Waals surface area contributed by atoms with Crippen molar-refractivity contribution in [1.82, 2.24) is 15.8 Å². The van der Waals surface area contributed by atoms with Crippen molar-refractivity contribution in [2.24, 2.45) is 0 Å². The molecule has 8 heavy (non-hydrogen) atoms. The zero-order valence-corrected chi connectivity index (χ0v) is 4.68. The maximum absolute atomic E-state index is 8.28. The second-order valence-corrected chi connectivity index (χ2v) is 1.75. The maximum Gasteiger partial charge on any atom is 0.161 e. The van der Waals surface area contributed by atoms with E-state index in [1.54, 1.807) is 0 Å². The Balaban J connectivity index is 2.35. The predicted molar refractivity (Wildman–Crippen MR) is 28.3 cm³/mol. The second-order valence-electron chi connectivity index (χ2n) is 1.75. The lowest BCUT2D eigenvalue weighted by atomic mass is 10.6. The summed E-state index contributed by atoms with van der Waals surface area (Å²) in [6, 6.07) is 2.03. The molecule has 1 atom stereocenters. The molecule has 1 rings (SSSR count). The van der Waals surface area contributed by atoms with E-state index in [1.165, 1.54) is 0 Å². The number of hydrogen-bond acceptors (Lipinski definition) is 4. The topological polar surface area (TPSA) is 51.1 Å². The fraction of sp³-hybridized carbons (Fsp3) is 0.750. The van der Waals surface area contributed by atoms with Gasteiger partial charge in [0.1, 0.15) is 0 Å². The Kier molecular flexibility index (Phi) is 1.44. The second kappa shape index (κ2) is 2.09. The summed E-state index contributed by atoms with van der Waals surface area (Å²) in [7, 11) is 1.88. The Bertz CT molecular complexity index is 116. The molecular weight excluding hydrogens is 104 g/mol. The average molecular weight is 112 g/mol. The molecule has 1 aliphatic rings. The van der Waals surface area contributed by atoms with Crippen molar-refractivity contribution < 1.29 is 0 Å². The van der Waals surface area contributed by atoms with Crippen molar-refractivity contribution in [2.75, 3.05) is 13.7 Å². The van der Waals surface area contributed by atoms with Crippen molar-refractivity contribution in [2.45, 2.75) is 6.17 Å². The number of hydrazine groups is 1. The number of nitriles is 1. The Morgan fingerprint density at radius 1 is 1.88 bits per heavy atom. The fourth-order valence-corrected chi connectivity index (χ4v) is 0.614. The third-order valence-corrected chi connectivity index (χ3v) is 1.01. The quantitative estimate of drug-likeness (QED) is 0.415. The summed E-state index contributed by atoms with van der Waals surface area (Å²) in [5.41, 5.74) is 2.86. The largest absolute Gasteiger partial charge is 0.275 e. The highest BCUT2D eigenvalue weighted by Gasteiger charge is 2.14. The van der Waals surface area contributed by atoms with E-state index in [4.69, 9.17) is 5.26 Å². The van der Waals surface area contributed by atoms with E-state index in [1.807, 2.05) is 18.1 Å². The van der Waals surface area contributed by atoms with Gasteiger partial charge in [0.2, 0.25) is 0 Å². The van der Waals surface area contributed by atoms with E-state index in [9.17, 15) is 0 Å². The first-order chi connectivity index (χ1) is 3.83. The van der Waals surface area contributed by atoms with Gasteiger partial charge in [-0.05, 0) is 0 Å². The molecule has 1 saturated heterocycles. The van der Waals surface area contributed by atoms with Crippen LogP contribution in [0.15, 0.2) is 0 Å². The van der Waals surface area contributed by atoms with Crippen LogP contribution in [0.5, 0.6) is 0 Å². The summed E-state index contributed by atoms with van der Waals surface area (Å²) in [5, 5.41) is 13.0. The molecule has 1 unspecified atom stereocenters. The average Bonchev–Trinajstić information content (AvgIpc) is 2.14. The van der Waals surface area contributed by atoms with E-state index in [0.29, 0.717) is 0 Å². The smallest absolute Gasteiger partial charge is 0.161 e. The summed E-state index contributed by atoms with van der Waals surface area (Å²) >= 11 is 0. The van der Waals surface area contributed by atoms with Crippen LogP contribution in [-0.2, 0) is 0 Å². The normalized spacial score (nSPS) is 30.2. The van der Waals surface area contributed by atoms with E-state index in [-0.39, 0.29) is 6.17 Å². The first-order valence-corrected chi connectivity index (χ1v) is 2.43. The molecule has 0 amide bonds. The zero-order valence-electron chi connectivity index (χ0n) is 4.68. The van der Waals surface area contributed by atoms with Crippen LogP contribution in [0, 0.1) is 11.3 Å². The molecule has 0 spiro atoms. The summed E-state index contributed by atoms with van der Waals surface area (Å²) in [4.78, 5) is 0. The van der Waals surface area contributed by atoms with Gasteiger partial charge in [-0.2, -0.15) is 5.26 Å². The SMILES string of the molecule is CN1CNC(C#N)N1. The van der Waals surface area contributed by atoms with E-state index < -0.39 is 0 Å². The van der Waals surface area contributed by atoms with Crippen LogP contribution >= 0.6 is 0 Å². The standard InChI is InChI=1S/C4H8N4/c1-8-3-6-4(2-5)7-8/h4,6-7H,3H2,1H3. The Morgan fingerprint density at radius 3 is 2.88 bits per heavy atom. The lowest BCUT2D eigenvalue weighted by molar-refractivity contribution is 0.303. The molecule has 4 nitrogen and oxygen atoms in total. The van der Waals surface area contributed by atoms with Crippen LogP contribution in [0.4, 0.5) is 0 Å². The molecule has 0 aliphatic carbocycles. The summed E-state index contributed by atoms with van der Waals surface area (Å²) in [5.74, 6) is 0. The van der Waals surface area contributed by atoms with Gasteiger partial charge in [0.15, 0.2) is 6.17 Å². The molecule has 44 valence electrons. The molecule has 1 aliphatic heterocycles. The minimum absolute atomic E-state index is 0.194. The number of rotatable bonds is 0. The third kappa shape index (κ3) is 0.954. The van der Waals surface area contributed by atoms with Gasteiger partial charge in [-0.15, -0.1) is 0 Å². The lowest BCUT2D eigenvalue weighted by Crippen LogP contribution is -2.32. The Hall–Kier alpha value is -0.630. The number of hydrogen-bond donors (Lipinski definition) is 2. The third-order valence-electron chi connectivity index (χ3n) is 1.01. The van der Waals surface area contributed by atoms with Crippen molar-refractivity contribution in [3.8, 4) is 6.07 Å². The molecule has 4 heteroatoms. The summed E-state index contributed by atoms with van der Waals surface area (Å²) < 4.78 is 0. The first-order valence-electron chi connectivity index (χ1n) is 2.43. The van der Waals surface area contributed by atoms with Gasteiger partial charge in [-0.25, -0.2) is 10.4 Å². The number of nitrogens with one attached hydrogen (secondary N) is 2. The highest BCUT2D eigenvalue weighted by Crippen LogP contribution is 1.85. The molecule has 0 aromatic heterocycles. The molecule has 1 heterocycles. The van der Waals surface area contributed by atoms with E-state index in [0.717, 1.165) is 6.67 Å². The molecule has 2 N–H and O–H groups in total. The zero-order chi connectivity index (χ0) is 5.98. The monoisotopic (exact) mass is 112 g/mol. The Morgan fingerprint density at radius 2 is 2.62 bits per heavy atom. The first kappa shape index (κ1) is 5.51. The lowest BCUT2D eigenvalue weighted by Gasteiger charge is -2.03. The molecule has 0 bridgehead atoms. The minimum Gasteiger partial charge on any atom is -0.275 e. The molecule has 0 saturated carbocycles. The van der Waals surface area contributed by atoms with E-state index in [2.05, 4.69) is 10.7 Å². The van der Waals surface area contributed by atoms with Crippen molar-refractivity contribution in [3.05, 3.63) is 0 Å². The highest BCUT2D eigenvalue weighted by molar-refractivity contribution is 4.88. The molecule has 0 radical (unpaired) electrons. The van der Waals surface area contributed by atoms with Crippen molar-refractivity contribution >= 4 is 0 Å². The van der Waals surface area contributed by atoms with Gasteiger partial charge in [0, 0.05) is 7.05 Å². The Labute approximate surface area is 48.1 Å². The summed E-state index contributed by atoms with van der Waals surface area (Å²) in [6.07, 6.45) is -0.194. The molecular formula is C4H8N4. The molecule has 0 aromatic carbocycles. The van der Waals surface area contributed by atoms with Crippen LogP contribution in [-0.4, -0.2) is 24.9 Å². The summed E-state index contributed by atoms with van der Waals surface area (Å²) in [6.45, 7) is 0.734. The van der Waals surface area contributed by atoms with Gasteiger partial charge in [-0.1, -0.05) is 0 Å². The van der Waals surface area contributed by atoms with Gasteiger partial charge in [0.25, 0.3) is 0 Å². The van der Waals surface area contributed by atoms with Crippen LogP contribution in [0.2, 0.25) is 0 Å². The highest BCUT2D eigenvalue weighted by atomic mass is 15.6. The van der Waals surface area contributed by atoms with Crippen LogP contribution in [0.25, 0.3) is 0 Å². The predicted octanol–water partition coefficient (Wildman–Crippen LogP) is -1.17. The van der Waals surface area contributed by atoms with Crippen molar-refractivity contribution in [1.29, 1.82) is 5.26 Å². The maximum atomic E-state index is 8.28. The van der Waals surface area contributed by atoms with Crippen LogP contribution < -0.4 is 10.7 Å². The van der Waals surface area contributed by atoms with Gasteiger partial charge < -0.3 is 0 Å². The van der Waals surface area contributed by atoms with Gasteiger partial charge >= 0.3 is 0 Å². The van der Waals surface area contributed by atoms with Crippen LogP contribution in [0.1, 0.15) is 0 Å². The van der Waals surface area contributed by atoms with E-state index >= 15 is 0 Å². The minimum atomic E-state index is -0.194. The molecule has 0 aromatic rings.